The molecule has 0 spiro atoms. The average molecular weight is 267 g/mol. The summed E-state index contributed by atoms with van der Waals surface area (Å²) in [6, 6.07) is 6.49. The van der Waals surface area contributed by atoms with E-state index in [4.69, 9.17) is 0 Å². The molecule has 4 nitrogen and oxygen atoms in total. The van der Waals surface area contributed by atoms with Gasteiger partial charge in [-0.05, 0) is 19.1 Å². The van der Waals surface area contributed by atoms with Gasteiger partial charge in [0.05, 0.1) is 6.20 Å². The standard InChI is InChI=1S/C13H15F2N3O/c1-9-10(8-17-18(9)2)7-16-11-4-3-5-12(6-11)19-13(14)15/h3-6,8,13,16H,7H2,1-2H3. The molecule has 0 amide bonds. The second-order valence-corrected chi connectivity index (χ2v) is 4.14. The van der Waals surface area contributed by atoms with Gasteiger partial charge in [-0.3, -0.25) is 4.68 Å². The molecule has 19 heavy (non-hydrogen) atoms. The Kier molecular flexibility index (Phi) is 3.99. The van der Waals surface area contributed by atoms with E-state index in [1.807, 2.05) is 14.0 Å². The van der Waals surface area contributed by atoms with Gasteiger partial charge in [0, 0.05) is 36.6 Å². The summed E-state index contributed by atoms with van der Waals surface area (Å²) in [6.07, 6.45) is 1.78. The second kappa shape index (κ2) is 5.69. The third kappa shape index (κ3) is 3.43. The van der Waals surface area contributed by atoms with E-state index in [0.717, 1.165) is 16.9 Å². The predicted octanol–water partition coefficient (Wildman–Crippen LogP) is 2.94. The first kappa shape index (κ1) is 13.3. The Bertz CT molecular complexity index is 555. The molecule has 1 aromatic heterocycles. The molecule has 0 unspecified atom stereocenters. The van der Waals surface area contributed by atoms with Gasteiger partial charge in [-0.2, -0.15) is 13.9 Å². The maximum Gasteiger partial charge on any atom is 0.387 e. The average Bonchev–Trinajstić information content (AvgIpc) is 2.67. The van der Waals surface area contributed by atoms with Crippen LogP contribution >= 0.6 is 0 Å². The van der Waals surface area contributed by atoms with Crippen molar-refractivity contribution in [3.63, 3.8) is 0 Å². The van der Waals surface area contributed by atoms with Crippen LogP contribution in [-0.4, -0.2) is 16.4 Å². The first-order valence-electron chi connectivity index (χ1n) is 5.82. The number of alkyl halides is 2. The number of ether oxygens (including phenoxy) is 1. The highest BCUT2D eigenvalue weighted by molar-refractivity contribution is 5.48. The molecule has 0 aliphatic carbocycles. The summed E-state index contributed by atoms with van der Waals surface area (Å²) in [4.78, 5) is 0. The molecule has 0 saturated carbocycles. The van der Waals surface area contributed by atoms with Crippen molar-refractivity contribution in [2.45, 2.75) is 20.1 Å². The molecule has 0 bridgehead atoms. The molecule has 102 valence electrons. The number of hydrogen-bond acceptors (Lipinski definition) is 3. The molecule has 1 heterocycles. The molecule has 0 atom stereocenters. The van der Waals surface area contributed by atoms with Crippen LogP contribution < -0.4 is 10.1 Å². The van der Waals surface area contributed by atoms with Crippen LogP contribution in [0.3, 0.4) is 0 Å². The fraction of sp³-hybridized carbons (Fsp3) is 0.308. The number of nitrogens with one attached hydrogen (secondary N) is 1. The van der Waals surface area contributed by atoms with Crippen LogP contribution in [0.1, 0.15) is 11.3 Å². The smallest absolute Gasteiger partial charge is 0.387 e. The minimum Gasteiger partial charge on any atom is -0.435 e. The Morgan fingerprint density at radius 2 is 2.21 bits per heavy atom. The van der Waals surface area contributed by atoms with Crippen LogP contribution in [0.4, 0.5) is 14.5 Å². The maximum atomic E-state index is 12.1. The van der Waals surface area contributed by atoms with Crippen LogP contribution in [0.15, 0.2) is 30.5 Å². The summed E-state index contributed by atoms with van der Waals surface area (Å²) >= 11 is 0. The first-order valence-corrected chi connectivity index (χ1v) is 5.82. The molecule has 0 aliphatic heterocycles. The van der Waals surface area contributed by atoms with Gasteiger partial charge in [0.2, 0.25) is 0 Å². The van der Waals surface area contributed by atoms with Crippen molar-refractivity contribution in [2.24, 2.45) is 7.05 Å². The van der Waals surface area contributed by atoms with Crippen molar-refractivity contribution < 1.29 is 13.5 Å². The molecule has 6 heteroatoms. The van der Waals surface area contributed by atoms with Gasteiger partial charge in [-0.15, -0.1) is 0 Å². The molecule has 0 radical (unpaired) electrons. The topological polar surface area (TPSA) is 39.1 Å². The number of hydrogen-bond donors (Lipinski definition) is 1. The summed E-state index contributed by atoms with van der Waals surface area (Å²) < 4.78 is 30.3. The highest BCUT2D eigenvalue weighted by Gasteiger charge is 2.06. The van der Waals surface area contributed by atoms with E-state index in [2.05, 4.69) is 15.2 Å². The number of halogens is 2. The number of aromatic nitrogens is 2. The van der Waals surface area contributed by atoms with Crippen molar-refractivity contribution >= 4 is 5.69 Å². The second-order valence-electron chi connectivity index (χ2n) is 4.14. The van der Waals surface area contributed by atoms with E-state index in [1.165, 1.54) is 12.1 Å². The lowest BCUT2D eigenvalue weighted by molar-refractivity contribution is -0.0498. The number of rotatable bonds is 5. The van der Waals surface area contributed by atoms with Gasteiger partial charge in [0.25, 0.3) is 0 Å². The SMILES string of the molecule is Cc1c(CNc2cccc(OC(F)F)c2)cnn1C. The molecule has 0 fully saturated rings. The van der Waals surface area contributed by atoms with E-state index in [9.17, 15) is 8.78 Å². The molecular weight excluding hydrogens is 252 g/mol. The Labute approximate surface area is 110 Å². The van der Waals surface area contributed by atoms with Gasteiger partial charge >= 0.3 is 6.61 Å². The molecule has 1 N–H and O–H groups in total. The van der Waals surface area contributed by atoms with Crippen LogP contribution in [0.25, 0.3) is 0 Å². The van der Waals surface area contributed by atoms with Crippen LogP contribution in [0.2, 0.25) is 0 Å². The van der Waals surface area contributed by atoms with E-state index in [-0.39, 0.29) is 5.75 Å². The zero-order valence-corrected chi connectivity index (χ0v) is 10.7. The Morgan fingerprint density at radius 1 is 1.42 bits per heavy atom. The first-order chi connectivity index (χ1) is 9.06. The van der Waals surface area contributed by atoms with Crippen LogP contribution in [0.5, 0.6) is 5.75 Å². The van der Waals surface area contributed by atoms with Crippen LogP contribution in [0, 0.1) is 6.92 Å². The summed E-state index contributed by atoms with van der Waals surface area (Å²) in [5.41, 5.74) is 2.84. The molecular formula is C13H15F2N3O. The fourth-order valence-electron chi connectivity index (χ4n) is 1.70. The zero-order valence-electron chi connectivity index (χ0n) is 10.7. The zero-order chi connectivity index (χ0) is 13.8. The largest absolute Gasteiger partial charge is 0.435 e. The summed E-state index contributed by atoms with van der Waals surface area (Å²) in [5.74, 6) is 0.142. The third-order valence-corrected chi connectivity index (χ3v) is 2.88. The Balaban J connectivity index is 2.01. The third-order valence-electron chi connectivity index (χ3n) is 2.88. The van der Waals surface area contributed by atoms with Crippen molar-refractivity contribution in [3.05, 3.63) is 41.7 Å². The van der Waals surface area contributed by atoms with Crippen molar-refractivity contribution in [1.82, 2.24) is 9.78 Å². The lowest BCUT2D eigenvalue weighted by Crippen LogP contribution is -2.04. The van der Waals surface area contributed by atoms with Gasteiger partial charge < -0.3 is 10.1 Å². The van der Waals surface area contributed by atoms with E-state index < -0.39 is 6.61 Å². The van der Waals surface area contributed by atoms with Gasteiger partial charge in [-0.1, -0.05) is 6.07 Å². The minimum atomic E-state index is -2.81. The van der Waals surface area contributed by atoms with Gasteiger partial charge in [-0.25, -0.2) is 0 Å². The van der Waals surface area contributed by atoms with Gasteiger partial charge in [0.1, 0.15) is 5.75 Å². The molecule has 1 aromatic carbocycles. The minimum absolute atomic E-state index is 0.142. The van der Waals surface area contributed by atoms with E-state index >= 15 is 0 Å². The van der Waals surface area contributed by atoms with Crippen LogP contribution in [-0.2, 0) is 13.6 Å². The number of nitrogens with zero attached hydrogens (tertiary/aromatic N) is 2. The van der Waals surface area contributed by atoms with Crippen molar-refractivity contribution in [3.8, 4) is 5.75 Å². The van der Waals surface area contributed by atoms with E-state index in [1.54, 1.807) is 23.0 Å². The molecule has 0 aliphatic rings. The normalized spacial score (nSPS) is 10.8. The fourth-order valence-corrected chi connectivity index (χ4v) is 1.70. The van der Waals surface area contributed by atoms with Gasteiger partial charge in [0.15, 0.2) is 0 Å². The monoisotopic (exact) mass is 267 g/mol. The predicted molar refractivity (Wildman–Crippen MR) is 68.3 cm³/mol. The summed E-state index contributed by atoms with van der Waals surface area (Å²) in [7, 11) is 1.87. The lowest BCUT2D eigenvalue weighted by atomic mass is 10.2. The Hall–Kier alpha value is -2.11. The number of aryl methyl sites for hydroxylation is 1. The maximum absolute atomic E-state index is 12.1. The lowest BCUT2D eigenvalue weighted by Gasteiger charge is -2.09. The molecule has 2 aromatic rings. The van der Waals surface area contributed by atoms with E-state index in [0.29, 0.717) is 6.54 Å². The summed E-state index contributed by atoms with van der Waals surface area (Å²) in [5, 5.41) is 7.29. The quantitative estimate of drug-likeness (QED) is 0.905. The highest BCUT2D eigenvalue weighted by Crippen LogP contribution is 2.20. The highest BCUT2D eigenvalue weighted by atomic mass is 19.3. The van der Waals surface area contributed by atoms with Crippen molar-refractivity contribution in [2.75, 3.05) is 5.32 Å². The molecule has 2 rings (SSSR count). The number of anilines is 1. The molecule has 0 saturated heterocycles. The number of benzene rings is 1. The Morgan fingerprint density at radius 3 is 2.84 bits per heavy atom. The summed E-state index contributed by atoms with van der Waals surface area (Å²) in [6.45, 7) is -0.256. The van der Waals surface area contributed by atoms with Crippen molar-refractivity contribution in [1.29, 1.82) is 0 Å².